The van der Waals surface area contributed by atoms with Gasteiger partial charge in [0.15, 0.2) is 0 Å². The van der Waals surface area contributed by atoms with Crippen LogP contribution in [0.2, 0.25) is 0 Å². The van der Waals surface area contributed by atoms with E-state index in [1.54, 1.807) is 0 Å². The average molecular weight is 350 g/mol. The maximum atomic E-state index is 6.34. The van der Waals surface area contributed by atoms with E-state index in [2.05, 4.69) is 45.9 Å². The largest absolute Gasteiger partial charge is 0.329 e. The van der Waals surface area contributed by atoms with Gasteiger partial charge in [0.25, 0.3) is 0 Å². The molecule has 0 bridgehead atoms. The number of halogens is 2. The second-order valence-electron chi connectivity index (χ2n) is 5.20. The van der Waals surface area contributed by atoms with Crippen molar-refractivity contribution in [3.8, 4) is 0 Å². The molecule has 3 nitrogen and oxygen atoms in total. The first-order valence-electron chi connectivity index (χ1n) is 7.17. The summed E-state index contributed by atoms with van der Waals surface area (Å²) < 4.78 is 2.13. The molecule has 3 rings (SSSR count). The van der Waals surface area contributed by atoms with E-state index in [-0.39, 0.29) is 30.9 Å². The number of rotatable bonds is 5. The number of benzene rings is 2. The lowest BCUT2D eigenvalue weighted by Crippen LogP contribution is -2.19. The summed E-state index contributed by atoms with van der Waals surface area (Å²) in [5, 5.41) is 0. The Kier molecular flexibility index (Phi) is 7.83. The van der Waals surface area contributed by atoms with Gasteiger partial charge < -0.3 is 10.3 Å². The fourth-order valence-electron chi connectivity index (χ4n) is 2.52. The number of imidazole rings is 1. The first-order valence-corrected chi connectivity index (χ1v) is 7.17. The Bertz CT molecular complexity index is 684. The Labute approximate surface area is 149 Å². The summed E-state index contributed by atoms with van der Waals surface area (Å²) in [6, 6.07) is 20.6. The van der Waals surface area contributed by atoms with Crippen molar-refractivity contribution in [2.75, 3.05) is 0 Å². The standard InChI is InChI=1S/C18H19N3.2ClH/c19-17(13-15-7-3-1-4-8-15)18-20-11-12-21(18)14-16-9-5-2-6-10-16;;/h1-12,17H,13-14,19H2;2*1H. The summed E-state index contributed by atoms with van der Waals surface area (Å²) >= 11 is 0. The van der Waals surface area contributed by atoms with Crippen LogP contribution in [0.3, 0.4) is 0 Å². The van der Waals surface area contributed by atoms with Crippen LogP contribution in [0.15, 0.2) is 73.1 Å². The van der Waals surface area contributed by atoms with E-state index in [1.165, 1.54) is 11.1 Å². The molecule has 0 saturated heterocycles. The van der Waals surface area contributed by atoms with E-state index in [4.69, 9.17) is 5.73 Å². The summed E-state index contributed by atoms with van der Waals surface area (Å²) in [6.07, 6.45) is 4.61. The lowest BCUT2D eigenvalue weighted by atomic mass is 10.1. The second-order valence-corrected chi connectivity index (χ2v) is 5.20. The minimum Gasteiger partial charge on any atom is -0.329 e. The van der Waals surface area contributed by atoms with Gasteiger partial charge in [0, 0.05) is 18.9 Å². The number of hydrogen-bond donors (Lipinski definition) is 1. The maximum absolute atomic E-state index is 6.34. The van der Waals surface area contributed by atoms with E-state index in [9.17, 15) is 0 Å². The normalized spacial score (nSPS) is 11.2. The highest BCUT2D eigenvalue weighted by molar-refractivity contribution is 5.85. The second kappa shape index (κ2) is 9.36. The van der Waals surface area contributed by atoms with E-state index < -0.39 is 0 Å². The zero-order valence-corrected chi connectivity index (χ0v) is 14.3. The molecule has 0 spiro atoms. The van der Waals surface area contributed by atoms with Crippen LogP contribution in [0.1, 0.15) is 23.0 Å². The van der Waals surface area contributed by atoms with Crippen LogP contribution < -0.4 is 5.73 Å². The molecule has 0 radical (unpaired) electrons. The molecule has 1 aromatic heterocycles. The van der Waals surface area contributed by atoms with Crippen molar-refractivity contribution in [1.29, 1.82) is 0 Å². The van der Waals surface area contributed by atoms with Crippen LogP contribution >= 0.6 is 24.8 Å². The molecule has 3 aromatic rings. The van der Waals surface area contributed by atoms with Crippen LogP contribution in [0, 0.1) is 0 Å². The third kappa shape index (κ3) is 5.10. The molecule has 0 saturated carbocycles. The smallest absolute Gasteiger partial charge is 0.126 e. The first kappa shape index (κ1) is 19.2. The minimum absolute atomic E-state index is 0. The lowest BCUT2D eigenvalue weighted by molar-refractivity contribution is 0.610. The minimum atomic E-state index is -0.0916. The zero-order valence-electron chi connectivity index (χ0n) is 12.7. The molecule has 0 amide bonds. The highest BCUT2D eigenvalue weighted by atomic mass is 35.5. The van der Waals surface area contributed by atoms with Crippen LogP contribution in [-0.4, -0.2) is 9.55 Å². The van der Waals surface area contributed by atoms with Gasteiger partial charge in [0.05, 0.1) is 6.04 Å². The predicted octanol–water partition coefficient (Wildman–Crippen LogP) is 4.02. The van der Waals surface area contributed by atoms with Gasteiger partial charge in [0.1, 0.15) is 5.82 Å². The summed E-state index contributed by atoms with van der Waals surface area (Å²) in [7, 11) is 0. The molecule has 0 fully saturated rings. The van der Waals surface area contributed by atoms with Crippen molar-refractivity contribution in [1.82, 2.24) is 9.55 Å². The number of hydrogen-bond acceptors (Lipinski definition) is 2. The molecule has 1 atom stereocenters. The van der Waals surface area contributed by atoms with Crippen LogP contribution in [-0.2, 0) is 13.0 Å². The molecule has 2 aromatic carbocycles. The highest BCUT2D eigenvalue weighted by Crippen LogP contribution is 2.16. The fourth-order valence-corrected chi connectivity index (χ4v) is 2.52. The summed E-state index contributed by atoms with van der Waals surface area (Å²) in [5.74, 6) is 0.933. The third-order valence-corrected chi connectivity index (χ3v) is 3.57. The van der Waals surface area contributed by atoms with Gasteiger partial charge in [-0.05, 0) is 17.5 Å². The molecule has 0 aliphatic heterocycles. The topological polar surface area (TPSA) is 43.8 Å². The predicted molar refractivity (Wildman–Crippen MR) is 99.3 cm³/mol. The molecule has 122 valence electrons. The van der Waals surface area contributed by atoms with Crippen LogP contribution in [0.4, 0.5) is 0 Å². The Morgan fingerprint density at radius 1 is 0.870 bits per heavy atom. The average Bonchev–Trinajstić information content (AvgIpc) is 2.97. The molecule has 5 heteroatoms. The van der Waals surface area contributed by atoms with Gasteiger partial charge in [0.2, 0.25) is 0 Å². The van der Waals surface area contributed by atoms with Gasteiger partial charge in [-0.3, -0.25) is 0 Å². The zero-order chi connectivity index (χ0) is 14.5. The maximum Gasteiger partial charge on any atom is 0.126 e. The first-order chi connectivity index (χ1) is 10.3. The van der Waals surface area contributed by atoms with E-state index in [0.29, 0.717) is 0 Å². The number of nitrogens with zero attached hydrogens (tertiary/aromatic N) is 2. The number of nitrogens with two attached hydrogens (primary N) is 1. The molecule has 23 heavy (non-hydrogen) atoms. The Morgan fingerprint density at radius 2 is 1.43 bits per heavy atom. The van der Waals surface area contributed by atoms with Crippen molar-refractivity contribution >= 4 is 24.8 Å². The fraction of sp³-hybridized carbons (Fsp3) is 0.167. The van der Waals surface area contributed by atoms with Crippen LogP contribution in [0.5, 0.6) is 0 Å². The third-order valence-electron chi connectivity index (χ3n) is 3.57. The van der Waals surface area contributed by atoms with Crippen molar-refractivity contribution in [3.05, 3.63) is 90.0 Å². The quantitative estimate of drug-likeness (QED) is 0.755. The van der Waals surface area contributed by atoms with Crippen molar-refractivity contribution < 1.29 is 0 Å². The van der Waals surface area contributed by atoms with E-state index in [0.717, 1.165) is 18.8 Å². The highest BCUT2D eigenvalue weighted by Gasteiger charge is 2.13. The molecule has 0 aliphatic carbocycles. The van der Waals surface area contributed by atoms with Gasteiger partial charge >= 0.3 is 0 Å². The molecular weight excluding hydrogens is 329 g/mol. The van der Waals surface area contributed by atoms with Gasteiger partial charge in [-0.15, -0.1) is 24.8 Å². The SMILES string of the molecule is Cl.Cl.NC(Cc1ccccc1)c1nccn1Cc1ccccc1. The van der Waals surface area contributed by atoms with Gasteiger partial charge in [-0.25, -0.2) is 4.98 Å². The van der Waals surface area contributed by atoms with Gasteiger partial charge in [-0.2, -0.15) is 0 Å². The van der Waals surface area contributed by atoms with Crippen LogP contribution in [0.25, 0.3) is 0 Å². The Hall–Kier alpha value is -1.81. The number of aromatic nitrogens is 2. The van der Waals surface area contributed by atoms with Crippen molar-refractivity contribution in [3.63, 3.8) is 0 Å². The molecule has 2 N–H and O–H groups in total. The van der Waals surface area contributed by atoms with Crippen molar-refractivity contribution in [2.45, 2.75) is 19.0 Å². The Balaban J connectivity index is 0.00000132. The molecule has 1 heterocycles. The van der Waals surface area contributed by atoms with Crippen molar-refractivity contribution in [2.24, 2.45) is 5.73 Å². The van der Waals surface area contributed by atoms with Gasteiger partial charge in [-0.1, -0.05) is 60.7 Å². The summed E-state index contributed by atoms with van der Waals surface area (Å²) in [4.78, 5) is 4.45. The van der Waals surface area contributed by atoms with E-state index >= 15 is 0 Å². The molecule has 0 aliphatic rings. The molecular formula is C18H21Cl2N3. The summed E-state index contributed by atoms with van der Waals surface area (Å²) in [6.45, 7) is 0.804. The molecule has 1 unspecified atom stereocenters. The summed E-state index contributed by atoms with van der Waals surface area (Å²) in [5.41, 5.74) is 8.83. The van der Waals surface area contributed by atoms with E-state index in [1.807, 2.05) is 36.7 Å². The lowest BCUT2D eigenvalue weighted by Gasteiger charge is -2.14. The Morgan fingerprint density at radius 3 is 2.04 bits per heavy atom. The monoisotopic (exact) mass is 349 g/mol.